The molecular weight excluding hydrogens is 334 g/mol. The van der Waals surface area contributed by atoms with Crippen LogP contribution in [0.2, 0.25) is 0 Å². The Labute approximate surface area is 163 Å². The van der Waals surface area contributed by atoms with Crippen LogP contribution in [-0.4, -0.2) is 17.7 Å². The SMILES string of the molecule is CC(=O)C(CCc1ccc(C)cc1)NC(=O)C(C)C(C)Cc1ccccc1. The molecule has 1 amide bonds. The van der Waals surface area contributed by atoms with Gasteiger partial charge in [0.15, 0.2) is 5.78 Å². The zero-order valence-corrected chi connectivity index (χ0v) is 16.9. The second-order valence-corrected chi connectivity index (χ2v) is 7.65. The van der Waals surface area contributed by atoms with Gasteiger partial charge in [0, 0.05) is 5.92 Å². The van der Waals surface area contributed by atoms with E-state index in [0.29, 0.717) is 6.42 Å². The number of carbonyl (C=O) groups excluding carboxylic acids is 2. The summed E-state index contributed by atoms with van der Waals surface area (Å²) in [6.07, 6.45) is 2.26. The number of rotatable bonds is 9. The molecule has 0 fully saturated rings. The second kappa shape index (κ2) is 10.1. The smallest absolute Gasteiger partial charge is 0.223 e. The van der Waals surface area contributed by atoms with Crippen molar-refractivity contribution in [2.45, 2.75) is 53.0 Å². The van der Waals surface area contributed by atoms with Crippen LogP contribution >= 0.6 is 0 Å². The summed E-state index contributed by atoms with van der Waals surface area (Å²) in [6.45, 7) is 7.64. The summed E-state index contributed by atoms with van der Waals surface area (Å²) in [5, 5.41) is 2.98. The van der Waals surface area contributed by atoms with Gasteiger partial charge < -0.3 is 5.32 Å². The Kier molecular flexibility index (Phi) is 7.78. The number of aryl methyl sites for hydroxylation is 2. The van der Waals surface area contributed by atoms with Crippen molar-refractivity contribution in [3.8, 4) is 0 Å². The number of amides is 1. The van der Waals surface area contributed by atoms with Crippen molar-refractivity contribution < 1.29 is 9.59 Å². The van der Waals surface area contributed by atoms with Gasteiger partial charge in [0.25, 0.3) is 0 Å². The number of Topliss-reactive ketones (excluding diaryl/α,β-unsaturated/α-hetero) is 1. The fourth-order valence-electron chi connectivity index (χ4n) is 3.17. The first kappa shape index (κ1) is 20.9. The molecule has 0 heterocycles. The Bertz CT molecular complexity index is 737. The highest BCUT2D eigenvalue weighted by Crippen LogP contribution is 2.18. The highest BCUT2D eigenvalue weighted by molar-refractivity contribution is 5.88. The van der Waals surface area contributed by atoms with Crippen molar-refractivity contribution in [3.63, 3.8) is 0 Å². The number of carbonyl (C=O) groups is 2. The summed E-state index contributed by atoms with van der Waals surface area (Å²) in [5.74, 6) is 0.0319. The first-order chi connectivity index (χ1) is 12.9. The normalized spacial score (nSPS) is 14.2. The van der Waals surface area contributed by atoms with Gasteiger partial charge in [0.05, 0.1) is 6.04 Å². The number of benzene rings is 2. The lowest BCUT2D eigenvalue weighted by molar-refractivity contribution is -0.130. The summed E-state index contributed by atoms with van der Waals surface area (Å²) in [4.78, 5) is 24.7. The van der Waals surface area contributed by atoms with Gasteiger partial charge in [-0.3, -0.25) is 9.59 Å². The van der Waals surface area contributed by atoms with Gasteiger partial charge in [-0.25, -0.2) is 0 Å². The van der Waals surface area contributed by atoms with Crippen LogP contribution in [-0.2, 0) is 22.4 Å². The molecule has 0 bridgehead atoms. The highest BCUT2D eigenvalue weighted by Gasteiger charge is 2.24. The number of hydrogen-bond acceptors (Lipinski definition) is 2. The summed E-state index contributed by atoms with van der Waals surface area (Å²) >= 11 is 0. The quantitative estimate of drug-likeness (QED) is 0.710. The lowest BCUT2D eigenvalue weighted by atomic mass is 9.88. The zero-order chi connectivity index (χ0) is 19.8. The maximum Gasteiger partial charge on any atom is 0.223 e. The Balaban J connectivity index is 1.90. The van der Waals surface area contributed by atoms with Crippen LogP contribution in [0.5, 0.6) is 0 Å². The van der Waals surface area contributed by atoms with Crippen molar-refractivity contribution in [3.05, 3.63) is 71.3 Å². The first-order valence-corrected chi connectivity index (χ1v) is 9.77. The lowest BCUT2D eigenvalue weighted by Gasteiger charge is -2.23. The predicted molar refractivity (Wildman–Crippen MR) is 111 cm³/mol. The molecule has 0 spiro atoms. The van der Waals surface area contributed by atoms with Gasteiger partial charge in [0.1, 0.15) is 0 Å². The topological polar surface area (TPSA) is 46.2 Å². The standard InChI is InChI=1S/C24H31NO2/c1-17-10-12-21(13-11-17)14-15-23(20(4)26)25-24(27)19(3)18(2)16-22-8-6-5-7-9-22/h5-13,18-19,23H,14-16H2,1-4H3,(H,25,27). The summed E-state index contributed by atoms with van der Waals surface area (Å²) < 4.78 is 0. The molecule has 2 aromatic carbocycles. The summed E-state index contributed by atoms with van der Waals surface area (Å²) in [7, 11) is 0. The average molecular weight is 366 g/mol. The molecule has 0 aliphatic carbocycles. The highest BCUT2D eigenvalue weighted by atomic mass is 16.2. The summed E-state index contributed by atoms with van der Waals surface area (Å²) in [5.41, 5.74) is 3.63. The van der Waals surface area contributed by atoms with Crippen LogP contribution in [0.25, 0.3) is 0 Å². The zero-order valence-electron chi connectivity index (χ0n) is 16.9. The van der Waals surface area contributed by atoms with Crippen LogP contribution in [0.4, 0.5) is 0 Å². The monoisotopic (exact) mass is 365 g/mol. The third-order valence-electron chi connectivity index (χ3n) is 5.32. The minimum atomic E-state index is -0.426. The van der Waals surface area contributed by atoms with Gasteiger partial charge in [0.2, 0.25) is 5.91 Å². The Morgan fingerprint density at radius 3 is 2.15 bits per heavy atom. The molecule has 0 saturated heterocycles. The molecule has 0 aliphatic heterocycles. The number of ketones is 1. The van der Waals surface area contributed by atoms with Gasteiger partial charge >= 0.3 is 0 Å². The molecule has 3 unspecified atom stereocenters. The molecule has 3 heteroatoms. The fourth-order valence-corrected chi connectivity index (χ4v) is 3.17. The van der Waals surface area contributed by atoms with E-state index in [1.165, 1.54) is 16.7 Å². The van der Waals surface area contributed by atoms with Crippen LogP contribution in [0.3, 0.4) is 0 Å². The minimum absolute atomic E-state index is 0.0124. The average Bonchev–Trinajstić information content (AvgIpc) is 2.66. The third kappa shape index (κ3) is 6.67. The number of hydrogen-bond donors (Lipinski definition) is 1. The van der Waals surface area contributed by atoms with E-state index in [2.05, 4.69) is 55.6 Å². The minimum Gasteiger partial charge on any atom is -0.346 e. The second-order valence-electron chi connectivity index (χ2n) is 7.65. The molecule has 27 heavy (non-hydrogen) atoms. The maximum absolute atomic E-state index is 12.7. The van der Waals surface area contributed by atoms with Gasteiger partial charge in [-0.05, 0) is 50.2 Å². The Hall–Kier alpha value is -2.42. The van der Waals surface area contributed by atoms with Gasteiger partial charge in [-0.15, -0.1) is 0 Å². The lowest BCUT2D eigenvalue weighted by Crippen LogP contribution is -2.44. The maximum atomic E-state index is 12.7. The number of nitrogens with one attached hydrogen (secondary N) is 1. The largest absolute Gasteiger partial charge is 0.346 e. The molecule has 0 aromatic heterocycles. The molecule has 144 valence electrons. The van der Waals surface area contributed by atoms with E-state index in [0.717, 1.165) is 12.8 Å². The van der Waals surface area contributed by atoms with Crippen molar-refractivity contribution in [2.24, 2.45) is 11.8 Å². The van der Waals surface area contributed by atoms with Crippen molar-refractivity contribution in [1.29, 1.82) is 0 Å². The predicted octanol–water partition coefficient (Wildman–Crippen LogP) is 4.52. The molecule has 2 aromatic rings. The molecule has 2 rings (SSSR count). The molecule has 0 saturated carbocycles. The molecule has 1 N–H and O–H groups in total. The van der Waals surface area contributed by atoms with E-state index < -0.39 is 6.04 Å². The Morgan fingerprint density at radius 1 is 0.926 bits per heavy atom. The first-order valence-electron chi connectivity index (χ1n) is 9.77. The van der Waals surface area contributed by atoms with E-state index >= 15 is 0 Å². The molecule has 3 atom stereocenters. The Morgan fingerprint density at radius 2 is 1.56 bits per heavy atom. The van der Waals surface area contributed by atoms with Crippen LogP contribution < -0.4 is 5.32 Å². The van der Waals surface area contributed by atoms with Crippen molar-refractivity contribution >= 4 is 11.7 Å². The molecule has 3 nitrogen and oxygen atoms in total. The van der Waals surface area contributed by atoms with Crippen LogP contribution in [0.1, 0.15) is 43.9 Å². The van der Waals surface area contributed by atoms with Crippen LogP contribution in [0.15, 0.2) is 54.6 Å². The molecule has 0 aliphatic rings. The van der Waals surface area contributed by atoms with Crippen LogP contribution in [0, 0.1) is 18.8 Å². The summed E-state index contributed by atoms with van der Waals surface area (Å²) in [6, 6.07) is 18.1. The fraction of sp³-hybridized carbons (Fsp3) is 0.417. The van der Waals surface area contributed by atoms with Gasteiger partial charge in [-0.1, -0.05) is 74.0 Å². The van der Waals surface area contributed by atoms with E-state index in [9.17, 15) is 9.59 Å². The third-order valence-corrected chi connectivity index (χ3v) is 5.32. The van der Waals surface area contributed by atoms with E-state index in [1.54, 1.807) is 6.92 Å². The molecule has 0 radical (unpaired) electrons. The van der Waals surface area contributed by atoms with Gasteiger partial charge in [-0.2, -0.15) is 0 Å². The van der Waals surface area contributed by atoms with Crippen molar-refractivity contribution in [1.82, 2.24) is 5.32 Å². The van der Waals surface area contributed by atoms with E-state index in [4.69, 9.17) is 0 Å². The van der Waals surface area contributed by atoms with Crippen molar-refractivity contribution in [2.75, 3.05) is 0 Å². The van der Waals surface area contributed by atoms with E-state index in [-0.39, 0.29) is 23.5 Å². The molecular formula is C24H31NO2. The van der Waals surface area contributed by atoms with E-state index in [1.807, 2.05) is 25.1 Å².